The quantitative estimate of drug-likeness (QED) is 0.237. The van der Waals surface area contributed by atoms with Crippen molar-refractivity contribution in [2.45, 2.75) is 178 Å². The predicted octanol–water partition coefficient (Wildman–Crippen LogP) is 13.8. The summed E-state index contributed by atoms with van der Waals surface area (Å²) in [7, 11) is 0. The van der Waals surface area contributed by atoms with Crippen molar-refractivity contribution in [2.24, 2.45) is 0 Å². The summed E-state index contributed by atoms with van der Waals surface area (Å²) in [5, 5.41) is 0. The van der Waals surface area contributed by atoms with Crippen LogP contribution in [-0.2, 0) is 32.5 Å². The largest absolute Gasteiger partial charge is 0.0564 e. The topological polar surface area (TPSA) is 0 Å². The van der Waals surface area contributed by atoms with Crippen LogP contribution < -0.4 is 0 Å². The third-order valence-corrected chi connectivity index (χ3v) is 8.43. The van der Waals surface area contributed by atoms with Gasteiger partial charge in [-0.2, -0.15) is 0 Å². The highest BCUT2D eigenvalue weighted by Crippen LogP contribution is 2.34. The van der Waals surface area contributed by atoms with Gasteiger partial charge in [-0.15, -0.1) is 0 Å². The molecular weight excluding hydrogens is 540 g/mol. The lowest BCUT2D eigenvalue weighted by atomic mass is 9.76. The molecule has 0 aliphatic carbocycles. The van der Waals surface area contributed by atoms with Gasteiger partial charge in [-0.25, -0.2) is 0 Å². The average Bonchev–Trinajstić information content (AvgIpc) is 2.80. The summed E-state index contributed by atoms with van der Waals surface area (Å²) in [5.74, 6) is 0. The summed E-state index contributed by atoms with van der Waals surface area (Å²) >= 11 is 0. The number of rotatable bonds is 0. The molecule has 3 aromatic rings. The SMILES string of the molecule is CC(C)(C)c1cc(C(C)(C)C)cc(C(C)(C)C)c1.Cc1cc(C(C)(C)C)cc(C(C)(C)C)c1.Cc1cc(C)cc(C(C)(C)C)c1. The van der Waals surface area contributed by atoms with Crippen LogP contribution in [0.3, 0.4) is 0 Å². The number of benzene rings is 3. The molecule has 0 fully saturated rings. The Balaban J connectivity index is 0.000000344. The molecule has 3 rings (SSSR count). The molecule has 0 bridgehead atoms. The van der Waals surface area contributed by atoms with E-state index in [0.29, 0.717) is 0 Å². The van der Waals surface area contributed by atoms with E-state index in [4.69, 9.17) is 0 Å². The Morgan fingerprint density at radius 3 is 0.533 bits per heavy atom. The van der Waals surface area contributed by atoms with Crippen LogP contribution in [0.2, 0.25) is 0 Å². The van der Waals surface area contributed by atoms with Crippen molar-refractivity contribution in [1.82, 2.24) is 0 Å². The molecule has 0 spiro atoms. The van der Waals surface area contributed by atoms with Crippen LogP contribution in [0.5, 0.6) is 0 Å². The minimum atomic E-state index is 0.210. The molecule has 0 nitrogen and oxygen atoms in total. The molecule has 0 radical (unpaired) electrons. The molecule has 0 unspecified atom stereocenters. The van der Waals surface area contributed by atoms with E-state index in [-0.39, 0.29) is 32.5 Å². The van der Waals surface area contributed by atoms with E-state index >= 15 is 0 Å². The van der Waals surface area contributed by atoms with Gasteiger partial charge in [-0.1, -0.05) is 196 Å². The van der Waals surface area contributed by atoms with Crippen LogP contribution in [0, 0.1) is 20.8 Å². The minimum Gasteiger partial charge on any atom is -0.0564 e. The molecule has 0 aliphatic rings. The van der Waals surface area contributed by atoms with Crippen LogP contribution >= 0.6 is 0 Å². The maximum Gasteiger partial charge on any atom is -0.0132 e. The molecule has 0 N–H and O–H groups in total. The molecule has 0 amide bonds. The van der Waals surface area contributed by atoms with Crippen LogP contribution in [0.15, 0.2) is 54.6 Å². The van der Waals surface area contributed by atoms with Gasteiger partial charge in [0.1, 0.15) is 0 Å². The first-order valence-electron chi connectivity index (χ1n) is 17.2. The van der Waals surface area contributed by atoms with Gasteiger partial charge in [0.25, 0.3) is 0 Å². The Morgan fingerprint density at radius 1 is 0.222 bits per heavy atom. The Kier molecular flexibility index (Phi) is 12.8. The summed E-state index contributed by atoms with van der Waals surface area (Å²) < 4.78 is 0. The van der Waals surface area contributed by atoms with E-state index in [9.17, 15) is 0 Å². The first-order valence-corrected chi connectivity index (χ1v) is 17.2. The van der Waals surface area contributed by atoms with Crippen LogP contribution in [0.4, 0.5) is 0 Å². The van der Waals surface area contributed by atoms with Crippen molar-refractivity contribution in [3.8, 4) is 0 Å². The number of hydrogen-bond acceptors (Lipinski definition) is 0. The number of aryl methyl sites for hydroxylation is 3. The van der Waals surface area contributed by atoms with Crippen molar-refractivity contribution in [3.05, 3.63) is 105 Å². The first-order chi connectivity index (χ1) is 19.8. The Bertz CT molecular complexity index is 1250. The molecular formula is C45H72. The van der Waals surface area contributed by atoms with Gasteiger partial charge < -0.3 is 0 Å². The van der Waals surface area contributed by atoms with Gasteiger partial charge in [-0.3, -0.25) is 0 Å². The summed E-state index contributed by atoms with van der Waals surface area (Å²) in [6.07, 6.45) is 0. The van der Waals surface area contributed by atoms with E-state index in [1.165, 1.54) is 50.1 Å². The molecule has 0 aliphatic heterocycles. The fraction of sp³-hybridized carbons (Fsp3) is 0.600. The van der Waals surface area contributed by atoms with E-state index < -0.39 is 0 Å². The molecule has 0 saturated carbocycles. The second kappa shape index (κ2) is 14.2. The van der Waals surface area contributed by atoms with Crippen molar-refractivity contribution >= 4 is 0 Å². The lowest BCUT2D eigenvalue weighted by Gasteiger charge is -2.29. The Morgan fingerprint density at radius 2 is 0.356 bits per heavy atom. The van der Waals surface area contributed by atoms with E-state index in [0.717, 1.165) is 0 Å². The summed E-state index contributed by atoms with van der Waals surface area (Å²) in [6.45, 7) is 47.5. The van der Waals surface area contributed by atoms with Gasteiger partial charge in [0.15, 0.2) is 0 Å². The molecule has 0 saturated heterocycles. The molecule has 3 aromatic carbocycles. The summed E-state index contributed by atoms with van der Waals surface area (Å²) in [4.78, 5) is 0. The Hall–Kier alpha value is -2.34. The normalized spacial score (nSPS) is 13.0. The standard InChI is InChI=1S/C18H30.C15H24.C12H18/c1-16(2,3)13-10-14(17(4,5)6)12-15(11-13)18(7,8)9;1-11-8-12(14(2,3)4)10-13(9-11)15(5,6)7;1-9-6-10(2)8-11(7-9)12(3,4)5/h10-12H,1-9H3;8-10H,1-7H3;6-8H,1-5H3. The third-order valence-electron chi connectivity index (χ3n) is 8.43. The van der Waals surface area contributed by atoms with Gasteiger partial charge >= 0.3 is 0 Å². The highest BCUT2D eigenvalue weighted by atomic mass is 14.3. The average molecular weight is 613 g/mol. The zero-order valence-corrected chi connectivity index (χ0v) is 33.7. The minimum absolute atomic E-state index is 0.210. The smallest absolute Gasteiger partial charge is 0.0132 e. The van der Waals surface area contributed by atoms with Crippen molar-refractivity contribution < 1.29 is 0 Å². The fourth-order valence-corrected chi connectivity index (χ4v) is 4.98. The highest BCUT2D eigenvalue weighted by molar-refractivity contribution is 5.40. The van der Waals surface area contributed by atoms with Crippen molar-refractivity contribution in [2.75, 3.05) is 0 Å². The summed E-state index contributed by atoms with van der Waals surface area (Å²) in [6, 6.07) is 20.9. The van der Waals surface area contributed by atoms with Crippen molar-refractivity contribution in [3.63, 3.8) is 0 Å². The predicted molar refractivity (Wildman–Crippen MR) is 206 cm³/mol. The molecule has 252 valence electrons. The van der Waals surface area contributed by atoms with E-state index in [1.54, 1.807) is 0 Å². The van der Waals surface area contributed by atoms with Gasteiger partial charge in [0.2, 0.25) is 0 Å². The lowest BCUT2D eigenvalue weighted by Crippen LogP contribution is -2.20. The van der Waals surface area contributed by atoms with E-state index in [1.807, 2.05) is 0 Å². The monoisotopic (exact) mass is 613 g/mol. The highest BCUT2D eigenvalue weighted by Gasteiger charge is 2.24. The molecule has 0 atom stereocenters. The van der Waals surface area contributed by atoms with Crippen LogP contribution in [0.1, 0.15) is 175 Å². The fourth-order valence-electron chi connectivity index (χ4n) is 4.98. The van der Waals surface area contributed by atoms with Crippen LogP contribution in [-0.4, -0.2) is 0 Å². The molecule has 0 heteroatoms. The molecule has 0 heterocycles. The van der Waals surface area contributed by atoms with Gasteiger partial charge in [-0.05, 0) is 86.6 Å². The maximum atomic E-state index is 2.38. The van der Waals surface area contributed by atoms with Crippen LogP contribution in [0.25, 0.3) is 0 Å². The molecule has 0 aromatic heterocycles. The van der Waals surface area contributed by atoms with Crippen molar-refractivity contribution in [1.29, 1.82) is 0 Å². The lowest BCUT2D eigenvalue weighted by molar-refractivity contribution is 0.548. The zero-order chi connectivity index (χ0) is 35.6. The first kappa shape index (κ1) is 40.7. The zero-order valence-electron chi connectivity index (χ0n) is 33.7. The van der Waals surface area contributed by atoms with E-state index in [2.05, 4.69) is 200 Å². The Labute approximate surface area is 281 Å². The second-order valence-electron chi connectivity index (χ2n) is 19.8. The van der Waals surface area contributed by atoms with Gasteiger partial charge in [0, 0.05) is 0 Å². The maximum absolute atomic E-state index is 2.38. The van der Waals surface area contributed by atoms with Gasteiger partial charge in [0.05, 0.1) is 0 Å². The molecule has 45 heavy (non-hydrogen) atoms. The second-order valence-corrected chi connectivity index (χ2v) is 19.8. The summed E-state index contributed by atoms with van der Waals surface area (Å²) in [5.41, 5.74) is 14.1. The number of hydrogen-bond donors (Lipinski definition) is 0. The third kappa shape index (κ3) is 13.5.